The van der Waals surface area contributed by atoms with Crippen molar-refractivity contribution in [3.05, 3.63) is 58.9 Å². The number of carbonyl (C=O) groups excluding carboxylic acids is 2. The Morgan fingerprint density at radius 3 is 2.50 bits per heavy atom. The Morgan fingerprint density at radius 1 is 1.20 bits per heavy atom. The summed E-state index contributed by atoms with van der Waals surface area (Å²) in [5.74, 6) is -0.741. The average molecular weight is 290 g/mol. The summed E-state index contributed by atoms with van der Waals surface area (Å²) in [6.07, 6.45) is 1.68. The molecule has 0 saturated carbocycles. The molecule has 2 amide bonds. The quantitative estimate of drug-likeness (QED) is 0.844. The zero-order chi connectivity index (χ0) is 14.5. The van der Waals surface area contributed by atoms with Crippen LogP contribution in [-0.4, -0.2) is 16.8 Å². The first kappa shape index (κ1) is 14.0. The van der Waals surface area contributed by atoms with E-state index in [1.807, 2.05) is 0 Å². The molecule has 0 unspecified atom stereocenters. The van der Waals surface area contributed by atoms with Crippen molar-refractivity contribution >= 4 is 29.1 Å². The van der Waals surface area contributed by atoms with E-state index in [4.69, 9.17) is 17.3 Å². The molecule has 2 rings (SSSR count). The molecule has 0 bridgehead atoms. The van der Waals surface area contributed by atoms with Gasteiger partial charge in [-0.3, -0.25) is 9.59 Å². The summed E-state index contributed by atoms with van der Waals surface area (Å²) in [7, 11) is 0. The van der Waals surface area contributed by atoms with Crippen molar-refractivity contribution < 1.29 is 9.59 Å². The molecule has 2 aromatic rings. The van der Waals surface area contributed by atoms with Crippen molar-refractivity contribution in [2.75, 3.05) is 5.32 Å². The van der Waals surface area contributed by atoms with Crippen LogP contribution in [0.4, 0.5) is 5.69 Å². The van der Waals surface area contributed by atoms with E-state index in [0.717, 1.165) is 5.56 Å². The fraction of sp³-hybridized carbons (Fsp3) is 0.0714. The number of carbonyl (C=O) groups is 2. The summed E-state index contributed by atoms with van der Waals surface area (Å²) in [6.45, 7) is 0. The van der Waals surface area contributed by atoms with Crippen LogP contribution in [0.25, 0.3) is 0 Å². The Bertz CT molecular complexity index is 641. The minimum Gasteiger partial charge on any atom is -0.369 e. The highest BCUT2D eigenvalue weighted by Gasteiger charge is 2.10. The molecule has 5 nitrogen and oxygen atoms in total. The molecule has 1 aromatic carbocycles. The Morgan fingerprint density at radius 2 is 1.90 bits per heavy atom. The van der Waals surface area contributed by atoms with Crippen molar-refractivity contribution in [3.63, 3.8) is 0 Å². The molecule has 1 aromatic heterocycles. The highest BCUT2D eigenvalue weighted by atomic mass is 35.5. The number of rotatable bonds is 4. The van der Waals surface area contributed by atoms with Gasteiger partial charge in [0.25, 0.3) is 5.91 Å². The second-order valence-electron chi connectivity index (χ2n) is 4.14. The van der Waals surface area contributed by atoms with Gasteiger partial charge in [-0.25, -0.2) is 4.98 Å². The fourth-order valence-electron chi connectivity index (χ4n) is 1.66. The molecular weight excluding hydrogens is 278 g/mol. The van der Waals surface area contributed by atoms with E-state index in [2.05, 4.69) is 10.3 Å². The number of amides is 2. The Balaban J connectivity index is 2.09. The lowest BCUT2D eigenvalue weighted by Crippen LogP contribution is -2.14. The first-order valence-electron chi connectivity index (χ1n) is 5.85. The molecule has 102 valence electrons. The van der Waals surface area contributed by atoms with E-state index in [1.165, 1.54) is 6.20 Å². The van der Waals surface area contributed by atoms with Crippen molar-refractivity contribution in [1.29, 1.82) is 0 Å². The lowest BCUT2D eigenvalue weighted by Gasteiger charge is -2.07. The van der Waals surface area contributed by atoms with Gasteiger partial charge in [0, 0.05) is 11.9 Å². The normalized spacial score (nSPS) is 10.1. The third-order valence-corrected chi connectivity index (χ3v) is 2.90. The first-order valence-corrected chi connectivity index (χ1v) is 6.23. The number of halogens is 1. The molecule has 0 aliphatic carbocycles. The van der Waals surface area contributed by atoms with E-state index in [0.29, 0.717) is 11.3 Å². The molecule has 0 saturated heterocycles. The molecule has 0 aliphatic heterocycles. The lowest BCUT2D eigenvalue weighted by molar-refractivity contribution is -0.117. The number of anilines is 1. The van der Waals surface area contributed by atoms with E-state index in [9.17, 15) is 9.59 Å². The van der Waals surface area contributed by atoms with Crippen molar-refractivity contribution in [2.45, 2.75) is 6.42 Å². The number of aromatic nitrogens is 1. The van der Waals surface area contributed by atoms with Gasteiger partial charge < -0.3 is 11.1 Å². The van der Waals surface area contributed by atoms with E-state index in [-0.39, 0.29) is 17.5 Å². The number of primary amides is 1. The minimum atomic E-state index is -0.399. The van der Waals surface area contributed by atoms with Crippen molar-refractivity contribution in [3.8, 4) is 0 Å². The monoisotopic (exact) mass is 289 g/mol. The van der Waals surface area contributed by atoms with Gasteiger partial charge in [-0.05, 0) is 29.8 Å². The molecular formula is C14H12ClN3O2. The van der Waals surface area contributed by atoms with Gasteiger partial charge in [0.2, 0.25) is 5.91 Å². The molecule has 0 radical (unpaired) electrons. The summed E-state index contributed by atoms with van der Waals surface area (Å²) in [5.41, 5.74) is 6.79. The Kier molecular flexibility index (Phi) is 4.32. The highest BCUT2D eigenvalue weighted by molar-refractivity contribution is 6.33. The summed E-state index contributed by atoms with van der Waals surface area (Å²) >= 11 is 5.84. The molecule has 6 heteroatoms. The number of pyridine rings is 1. The summed E-state index contributed by atoms with van der Waals surface area (Å²) in [6, 6.07) is 10.1. The van der Waals surface area contributed by atoms with Crippen LogP contribution < -0.4 is 11.1 Å². The molecule has 0 fully saturated rings. The van der Waals surface area contributed by atoms with Gasteiger partial charge >= 0.3 is 0 Å². The van der Waals surface area contributed by atoms with Gasteiger partial charge in [-0.15, -0.1) is 0 Å². The van der Waals surface area contributed by atoms with Crippen LogP contribution in [0, 0.1) is 0 Å². The second-order valence-corrected chi connectivity index (χ2v) is 4.49. The third-order valence-electron chi connectivity index (χ3n) is 2.59. The molecule has 0 spiro atoms. The zero-order valence-corrected chi connectivity index (χ0v) is 11.2. The number of nitrogens with two attached hydrogens (primary N) is 1. The second kappa shape index (κ2) is 6.16. The zero-order valence-electron chi connectivity index (χ0n) is 10.5. The summed E-state index contributed by atoms with van der Waals surface area (Å²) in [5, 5.41) is 2.85. The maximum atomic E-state index is 12.0. The number of nitrogens with one attached hydrogen (secondary N) is 1. The van der Waals surface area contributed by atoms with Crippen LogP contribution in [0.1, 0.15) is 15.9 Å². The van der Waals surface area contributed by atoms with Crippen molar-refractivity contribution in [1.82, 2.24) is 4.98 Å². The predicted molar refractivity (Wildman–Crippen MR) is 76.5 cm³/mol. The maximum Gasteiger partial charge on any atom is 0.258 e. The third kappa shape index (κ3) is 3.55. The summed E-state index contributed by atoms with van der Waals surface area (Å²) < 4.78 is 0. The fourth-order valence-corrected chi connectivity index (χ4v) is 1.87. The largest absolute Gasteiger partial charge is 0.369 e. The van der Waals surface area contributed by atoms with Gasteiger partial charge in [-0.1, -0.05) is 23.7 Å². The van der Waals surface area contributed by atoms with E-state index >= 15 is 0 Å². The first-order chi connectivity index (χ1) is 9.56. The number of nitrogens with zero attached hydrogens (tertiary/aromatic N) is 1. The predicted octanol–water partition coefficient (Wildman–Crippen LogP) is 2.02. The van der Waals surface area contributed by atoms with Crippen LogP contribution >= 0.6 is 11.6 Å². The van der Waals surface area contributed by atoms with Crippen LogP contribution in [0.2, 0.25) is 5.15 Å². The van der Waals surface area contributed by atoms with E-state index < -0.39 is 5.91 Å². The molecule has 0 aliphatic rings. The Labute approximate surface area is 120 Å². The molecule has 1 heterocycles. The molecule has 0 atom stereocenters. The highest BCUT2D eigenvalue weighted by Crippen LogP contribution is 2.15. The van der Waals surface area contributed by atoms with Gasteiger partial charge in [0.1, 0.15) is 5.15 Å². The maximum absolute atomic E-state index is 12.0. The lowest BCUT2D eigenvalue weighted by atomic mass is 10.1. The number of hydrogen-bond acceptors (Lipinski definition) is 3. The molecule has 20 heavy (non-hydrogen) atoms. The average Bonchev–Trinajstić information content (AvgIpc) is 2.41. The van der Waals surface area contributed by atoms with Crippen LogP contribution in [0.5, 0.6) is 0 Å². The molecule has 3 N–H and O–H groups in total. The SMILES string of the molecule is NC(=O)Cc1ccc(NC(=O)c2cccnc2Cl)cc1. The van der Waals surface area contributed by atoms with Crippen LogP contribution in [-0.2, 0) is 11.2 Å². The van der Waals surface area contributed by atoms with E-state index in [1.54, 1.807) is 36.4 Å². The topological polar surface area (TPSA) is 85.1 Å². The smallest absolute Gasteiger partial charge is 0.258 e. The van der Waals surface area contributed by atoms with Gasteiger partial charge in [0.05, 0.1) is 12.0 Å². The Hall–Kier alpha value is -2.40. The van der Waals surface area contributed by atoms with Gasteiger partial charge in [0.15, 0.2) is 0 Å². The minimum absolute atomic E-state index is 0.148. The van der Waals surface area contributed by atoms with Gasteiger partial charge in [-0.2, -0.15) is 0 Å². The number of hydrogen-bond donors (Lipinski definition) is 2. The van der Waals surface area contributed by atoms with Crippen LogP contribution in [0.15, 0.2) is 42.6 Å². The standard InChI is InChI=1S/C14H12ClN3O2/c15-13-11(2-1-7-17-13)14(20)18-10-5-3-9(4-6-10)8-12(16)19/h1-7H,8H2,(H2,16,19)(H,18,20). The number of benzene rings is 1. The summed E-state index contributed by atoms with van der Waals surface area (Å²) in [4.78, 5) is 26.6. The van der Waals surface area contributed by atoms with Crippen molar-refractivity contribution in [2.24, 2.45) is 5.73 Å². The van der Waals surface area contributed by atoms with Crippen LogP contribution in [0.3, 0.4) is 0 Å².